The van der Waals surface area contributed by atoms with Crippen LogP contribution in [-0.4, -0.2) is 27.7 Å². The first kappa shape index (κ1) is 20.6. The Hall–Kier alpha value is -2.71. The van der Waals surface area contributed by atoms with Gasteiger partial charge in [0.1, 0.15) is 5.69 Å². The number of primary amides is 1. The highest BCUT2D eigenvalue weighted by Gasteiger charge is 2.45. The maximum atomic E-state index is 14.3. The summed E-state index contributed by atoms with van der Waals surface area (Å²) in [4.78, 5) is 31.2. The van der Waals surface area contributed by atoms with Crippen LogP contribution >= 0.6 is 0 Å². The summed E-state index contributed by atoms with van der Waals surface area (Å²) in [5.74, 6) is -7.63. The maximum absolute atomic E-state index is 14.3. The van der Waals surface area contributed by atoms with Crippen molar-refractivity contribution in [2.24, 2.45) is 11.7 Å². The zero-order valence-corrected chi connectivity index (χ0v) is 16.1. The molecule has 1 fully saturated rings. The molecule has 2 heterocycles. The minimum absolute atomic E-state index is 0.00407. The number of nitrogens with one attached hydrogen (secondary N) is 1. The lowest BCUT2D eigenvalue weighted by Gasteiger charge is -2.39. The van der Waals surface area contributed by atoms with E-state index in [4.69, 9.17) is 5.73 Å². The van der Waals surface area contributed by atoms with Gasteiger partial charge in [-0.1, -0.05) is 11.6 Å². The molecular weight excluding hydrogens is 402 g/mol. The molecule has 2 atom stereocenters. The molecule has 160 valence electrons. The number of nitrogens with zero attached hydrogens (tertiary/aromatic N) is 1. The Morgan fingerprint density at radius 2 is 1.93 bits per heavy atom. The smallest absolute Gasteiger partial charge is 0.268 e. The van der Waals surface area contributed by atoms with Crippen molar-refractivity contribution in [3.63, 3.8) is 0 Å². The number of aromatic amines is 1. The molecule has 5 nitrogen and oxygen atoms in total. The highest BCUT2D eigenvalue weighted by Crippen LogP contribution is 2.50. The van der Waals surface area contributed by atoms with Gasteiger partial charge in [-0.3, -0.25) is 14.6 Å². The zero-order valence-electron chi connectivity index (χ0n) is 16.1. The average molecular weight is 423 g/mol. The van der Waals surface area contributed by atoms with Crippen LogP contribution in [0.25, 0.3) is 10.9 Å². The Balaban J connectivity index is 1.79. The van der Waals surface area contributed by atoms with E-state index in [1.54, 1.807) is 0 Å². The second-order valence-corrected chi connectivity index (χ2v) is 8.19. The van der Waals surface area contributed by atoms with Crippen LogP contribution in [0.2, 0.25) is 0 Å². The number of aromatic nitrogens is 2. The zero-order chi connectivity index (χ0) is 21.7. The van der Waals surface area contributed by atoms with E-state index < -0.39 is 41.9 Å². The summed E-state index contributed by atoms with van der Waals surface area (Å²) in [6, 6.07) is 2.68. The number of rotatable bonds is 3. The summed E-state index contributed by atoms with van der Waals surface area (Å²) in [7, 11) is 0. The van der Waals surface area contributed by atoms with E-state index >= 15 is 0 Å². The predicted octanol–water partition coefficient (Wildman–Crippen LogP) is 4.29. The number of alkyl halides is 4. The van der Waals surface area contributed by atoms with Crippen molar-refractivity contribution in [2.75, 3.05) is 0 Å². The van der Waals surface area contributed by atoms with Crippen molar-refractivity contribution in [1.29, 1.82) is 0 Å². The lowest BCUT2D eigenvalue weighted by atomic mass is 9.69. The molecule has 2 aromatic rings. The number of H-pyrrole nitrogens is 1. The fourth-order valence-corrected chi connectivity index (χ4v) is 4.66. The minimum atomic E-state index is -2.91. The molecule has 2 aromatic heterocycles. The molecule has 30 heavy (non-hydrogen) atoms. The number of pyridine rings is 2. The summed E-state index contributed by atoms with van der Waals surface area (Å²) in [6.45, 7) is 0. The van der Waals surface area contributed by atoms with E-state index in [2.05, 4.69) is 9.97 Å². The van der Waals surface area contributed by atoms with Gasteiger partial charge in [0.25, 0.3) is 11.8 Å². The fourth-order valence-electron chi connectivity index (χ4n) is 4.66. The van der Waals surface area contributed by atoms with Crippen LogP contribution in [0.5, 0.6) is 0 Å². The van der Waals surface area contributed by atoms with Crippen LogP contribution in [0, 0.1) is 5.92 Å². The third-order valence-corrected chi connectivity index (χ3v) is 6.14. The van der Waals surface area contributed by atoms with Crippen molar-refractivity contribution >= 4 is 16.8 Å². The van der Waals surface area contributed by atoms with Crippen LogP contribution in [0.3, 0.4) is 0 Å². The monoisotopic (exact) mass is 423 g/mol. The number of halogens is 4. The second-order valence-electron chi connectivity index (χ2n) is 8.19. The first-order valence-electron chi connectivity index (χ1n) is 9.83. The Morgan fingerprint density at radius 3 is 2.60 bits per heavy atom. The third kappa shape index (κ3) is 3.85. The standard InChI is InChI=1S/C21H21F4N3O2/c22-20(23)5-1-11(2-6-20)12-3-7-21(24,25)10-13(12)15-9-16(29)17-14(28-15)4-8-27-18(17)19(26)30/h1,4,8-9,12-13H,2-3,5-7,10H2,(H2,26,30)(H,28,29)/t12-,13?/m1/s1. The van der Waals surface area contributed by atoms with Crippen LogP contribution in [0.4, 0.5) is 17.6 Å². The summed E-state index contributed by atoms with van der Waals surface area (Å²) in [6.07, 6.45) is 1.56. The number of hydrogen-bond donors (Lipinski definition) is 2. The van der Waals surface area contributed by atoms with Crippen molar-refractivity contribution < 1.29 is 22.4 Å². The highest BCUT2D eigenvalue weighted by atomic mass is 19.3. The van der Waals surface area contributed by atoms with Gasteiger partial charge in [0.2, 0.25) is 5.92 Å². The first-order valence-corrected chi connectivity index (χ1v) is 9.83. The molecule has 1 unspecified atom stereocenters. The van der Waals surface area contributed by atoms with Gasteiger partial charge < -0.3 is 10.7 Å². The first-order chi connectivity index (χ1) is 14.1. The number of fused-ring (bicyclic) bond motifs is 1. The number of carbonyl (C=O) groups excluding carboxylic acids is 1. The number of allylic oxidation sites excluding steroid dienone is 2. The largest absolute Gasteiger partial charge is 0.364 e. The maximum Gasteiger partial charge on any atom is 0.268 e. The van der Waals surface area contributed by atoms with Crippen LogP contribution in [-0.2, 0) is 0 Å². The highest BCUT2D eigenvalue weighted by molar-refractivity contribution is 6.03. The number of carbonyl (C=O) groups is 1. The molecule has 2 aliphatic rings. The minimum Gasteiger partial charge on any atom is -0.364 e. The van der Waals surface area contributed by atoms with Gasteiger partial charge in [-0.15, -0.1) is 0 Å². The normalized spacial score (nSPS) is 25.7. The predicted molar refractivity (Wildman–Crippen MR) is 103 cm³/mol. The van der Waals surface area contributed by atoms with Gasteiger partial charge in [-0.25, -0.2) is 17.6 Å². The molecular formula is C21H21F4N3O2. The second kappa shape index (κ2) is 7.21. The summed E-state index contributed by atoms with van der Waals surface area (Å²) in [5, 5.41) is 0.00407. The lowest BCUT2D eigenvalue weighted by molar-refractivity contribution is -0.0534. The van der Waals surface area contributed by atoms with Gasteiger partial charge in [-0.2, -0.15) is 0 Å². The van der Waals surface area contributed by atoms with E-state index in [9.17, 15) is 27.2 Å². The Morgan fingerprint density at radius 1 is 1.17 bits per heavy atom. The van der Waals surface area contributed by atoms with E-state index in [1.807, 2.05) is 0 Å². The van der Waals surface area contributed by atoms with Crippen LogP contribution in [0.15, 0.2) is 34.8 Å². The van der Waals surface area contributed by atoms with Gasteiger partial charge in [0.15, 0.2) is 5.43 Å². The van der Waals surface area contributed by atoms with Crippen molar-refractivity contribution in [2.45, 2.75) is 56.3 Å². The molecule has 1 amide bonds. The quantitative estimate of drug-likeness (QED) is 0.570. The third-order valence-electron chi connectivity index (χ3n) is 6.14. The lowest BCUT2D eigenvalue weighted by Crippen LogP contribution is -2.34. The Kier molecular flexibility index (Phi) is 4.94. The molecule has 0 saturated heterocycles. The summed E-state index contributed by atoms with van der Waals surface area (Å²) in [5.41, 5.74) is 5.87. The van der Waals surface area contributed by atoms with Crippen molar-refractivity contribution in [3.8, 4) is 0 Å². The van der Waals surface area contributed by atoms with Gasteiger partial charge in [0, 0.05) is 49.6 Å². The molecule has 0 radical (unpaired) electrons. The Labute approximate surface area is 169 Å². The van der Waals surface area contributed by atoms with Crippen LogP contribution in [0.1, 0.15) is 60.6 Å². The average Bonchev–Trinajstić information content (AvgIpc) is 2.67. The van der Waals surface area contributed by atoms with Crippen LogP contribution < -0.4 is 11.2 Å². The van der Waals surface area contributed by atoms with Crippen molar-refractivity contribution in [1.82, 2.24) is 9.97 Å². The van der Waals surface area contributed by atoms with Gasteiger partial charge >= 0.3 is 0 Å². The fraction of sp³-hybridized carbons (Fsp3) is 0.476. The van der Waals surface area contributed by atoms with E-state index in [0.717, 1.165) is 5.57 Å². The molecule has 0 bridgehead atoms. The molecule has 4 rings (SSSR count). The molecule has 3 N–H and O–H groups in total. The van der Waals surface area contributed by atoms with Gasteiger partial charge in [0.05, 0.1) is 10.9 Å². The van der Waals surface area contributed by atoms with E-state index in [1.165, 1.54) is 24.4 Å². The van der Waals surface area contributed by atoms with E-state index in [0.29, 0.717) is 5.69 Å². The topological polar surface area (TPSA) is 88.8 Å². The molecule has 9 heteroatoms. The molecule has 1 saturated carbocycles. The number of amides is 1. The summed E-state index contributed by atoms with van der Waals surface area (Å²) < 4.78 is 55.7. The molecule has 0 aromatic carbocycles. The Bertz CT molecular complexity index is 1090. The SMILES string of the molecule is NC(=O)c1nccc2[nH]c(C3CC(F)(F)CC[C@@H]3C3=CCC(F)(F)CC3)cc(=O)c12. The van der Waals surface area contributed by atoms with Gasteiger partial charge in [-0.05, 0) is 24.8 Å². The molecule has 0 spiro atoms. The van der Waals surface area contributed by atoms with E-state index in [-0.39, 0.29) is 48.2 Å². The molecule has 2 aliphatic carbocycles. The number of nitrogens with two attached hydrogens (primary N) is 1. The number of hydrogen-bond acceptors (Lipinski definition) is 3. The summed E-state index contributed by atoms with van der Waals surface area (Å²) >= 11 is 0. The van der Waals surface area contributed by atoms with Crippen molar-refractivity contribution in [3.05, 3.63) is 51.6 Å². The molecule has 0 aliphatic heterocycles.